The number of aromatic nitrogens is 2. The van der Waals surface area contributed by atoms with E-state index in [-0.39, 0.29) is 33.9 Å². The first-order valence-corrected chi connectivity index (χ1v) is 8.28. The highest BCUT2D eigenvalue weighted by atomic mass is 32.2. The molecule has 2 aromatic heterocycles. The minimum absolute atomic E-state index is 0.0320. The van der Waals surface area contributed by atoms with Crippen LogP contribution in [0, 0.1) is 10.1 Å². The third-order valence-electron chi connectivity index (χ3n) is 2.86. The average Bonchev–Trinajstić information content (AvgIpc) is 3.24. The smallest absolute Gasteiger partial charge is 0.282 e. The maximum absolute atomic E-state index is 11.9. The van der Waals surface area contributed by atoms with Crippen LogP contribution in [-0.4, -0.2) is 26.7 Å². The maximum atomic E-state index is 11.9. The molecule has 0 fully saturated rings. The molecule has 0 radical (unpaired) electrons. The highest BCUT2D eigenvalue weighted by Gasteiger charge is 2.20. The van der Waals surface area contributed by atoms with E-state index in [0.717, 1.165) is 11.8 Å². The minimum atomic E-state index is -0.507. The van der Waals surface area contributed by atoms with E-state index in [2.05, 4.69) is 10.2 Å². The Labute approximate surface area is 138 Å². The van der Waals surface area contributed by atoms with Crippen LogP contribution in [-0.2, 0) is 0 Å². The molecule has 23 heavy (non-hydrogen) atoms. The lowest BCUT2D eigenvalue weighted by atomic mass is 10.2. The number of thiophene rings is 1. The Balaban J connectivity index is 1.74. The van der Waals surface area contributed by atoms with E-state index in [9.17, 15) is 14.9 Å². The van der Waals surface area contributed by atoms with E-state index in [0.29, 0.717) is 4.88 Å². The van der Waals surface area contributed by atoms with Gasteiger partial charge in [-0.15, -0.1) is 21.5 Å². The first kappa shape index (κ1) is 15.4. The van der Waals surface area contributed by atoms with E-state index in [1.807, 2.05) is 11.4 Å². The molecule has 7 nitrogen and oxygen atoms in total. The number of nitrogens with zero attached hydrogens (tertiary/aromatic N) is 3. The maximum Gasteiger partial charge on any atom is 0.282 e. The van der Waals surface area contributed by atoms with Gasteiger partial charge in [0.2, 0.25) is 0 Å². The molecule has 9 heteroatoms. The number of Topliss-reactive ketones (excluding diaryl/α,β-unsaturated/α-hetero) is 1. The van der Waals surface area contributed by atoms with Gasteiger partial charge in [0.15, 0.2) is 5.78 Å². The zero-order valence-corrected chi connectivity index (χ0v) is 13.2. The van der Waals surface area contributed by atoms with Gasteiger partial charge in [-0.3, -0.25) is 14.9 Å². The minimum Gasteiger partial charge on any atom is -0.411 e. The topological polar surface area (TPSA) is 99.1 Å². The van der Waals surface area contributed by atoms with E-state index in [4.69, 9.17) is 4.42 Å². The first-order chi connectivity index (χ1) is 11.1. The Kier molecular flexibility index (Phi) is 4.49. The number of nitro groups is 1. The van der Waals surface area contributed by atoms with Crippen LogP contribution in [0.2, 0.25) is 0 Å². The lowest BCUT2D eigenvalue weighted by Crippen LogP contribution is -1.98. The molecular weight excluding hydrogens is 338 g/mol. The van der Waals surface area contributed by atoms with Crippen molar-refractivity contribution in [3.63, 3.8) is 0 Å². The van der Waals surface area contributed by atoms with Crippen molar-refractivity contribution < 1.29 is 14.1 Å². The molecule has 0 unspecified atom stereocenters. The van der Waals surface area contributed by atoms with Gasteiger partial charge in [0.05, 0.1) is 15.6 Å². The van der Waals surface area contributed by atoms with Gasteiger partial charge in [0, 0.05) is 6.07 Å². The highest BCUT2D eigenvalue weighted by molar-refractivity contribution is 7.99. The van der Waals surface area contributed by atoms with Crippen LogP contribution in [0.5, 0.6) is 0 Å². The zero-order valence-electron chi connectivity index (χ0n) is 11.5. The Morgan fingerprint density at radius 1 is 1.26 bits per heavy atom. The van der Waals surface area contributed by atoms with E-state index >= 15 is 0 Å². The van der Waals surface area contributed by atoms with Crippen molar-refractivity contribution in [2.75, 3.05) is 5.75 Å². The van der Waals surface area contributed by atoms with Gasteiger partial charge in [0.1, 0.15) is 5.56 Å². The summed E-state index contributed by atoms with van der Waals surface area (Å²) in [5.41, 5.74) is 0.142. The zero-order chi connectivity index (χ0) is 16.2. The van der Waals surface area contributed by atoms with Crippen LogP contribution < -0.4 is 0 Å². The Morgan fingerprint density at radius 3 is 2.83 bits per heavy atom. The Bertz CT molecular complexity index is 845. The van der Waals surface area contributed by atoms with Gasteiger partial charge in [-0.25, -0.2) is 0 Å². The van der Waals surface area contributed by atoms with Gasteiger partial charge in [-0.2, -0.15) is 0 Å². The average molecular weight is 347 g/mol. The molecule has 0 amide bonds. The molecule has 1 aromatic carbocycles. The fourth-order valence-electron chi connectivity index (χ4n) is 1.83. The first-order valence-electron chi connectivity index (χ1n) is 6.42. The number of benzene rings is 1. The summed E-state index contributed by atoms with van der Waals surface area (Å²) in [5.74, 6) is 0.192. The summed E-state index contributed by atoms with van der Waals surface area (Å²) in [5, 5.41) is 20.7. The molecule has 0 saturated heterocycles. The van der Waals surface area contributed by atoms with Gasteiger partial charge in [0.25, 0.3) is 16.8 Å². The van der Waals surface area contributed by atoms with Crippen molar-refractivity contribution in [2.24, 2.45) is 0 Å². The predicted octanol–water partition coefficient (Wildman–Crippen LogP) is 3.68. The lowest BCUT2D eigenvalue weighted by molar-refractivity contribution is -0.384. The summed E-state index contributed by atoms with van der Waals surface area (Å²) in [4.78, 5) is 23.1. The third kappa shape index (κ3) is 3.46. The largest absolute Gasteiger partial charge is 0.411 e. The summed E-state index contributed by atoms with van der Waals surface area (Å²) in [6.45, 7) is 0. The Hall–Kier alpha value is -2.52. The standard InChI is InChI=1S/C14H9N3O4S2/c18-11(12-6-3-7-22-12)8-23-14-16-15-13(21-14)9-4-1-2-5-10(9)17(19)20/h1-7H,8H2. The van der Waals surface area contributed by atoms with Crippen LogP contribution >= 0.6 is 23.1 Å². The molecule has 0 spiro atoms. The molecule has 116 valence electrons. The second-order valence-corrected chi connectivity index (χ2v) is 6.21. The van der Waals surface area contributed by atoms with Crippen molar-refractivity contribution >= 4 is 34.6 Å². The number of nitro benzene ring substituents is 1. The molecule has 0 atom stereocenters. The van der Waals surface area contributed by atoms with Crippen molar-refractivity contribution in [3.05, 3.63) is 56.8 Å². The number of thioether (sulfide) groups is 1. The normalized spacial score (nSPS) is 10.6. The molecule has 0 aliphatic carbocycles. The number of carbonyl (C=O) groups is 1. The number of hydrogen-bond donors (Lipinski definition) is 0. The molecular formula is C14H9N3O4S2. The van der Waals surface area contributed by atoms with Crippen molar-refractivity contribution in [1.82, 2.24) is 10.2 Å². The van der Waals surface area contributed by atoms with E-state index < -0.39 is 4.92 Å². The number of para-hydroxylation sites is 1. The molecule has 3 rings (SSSR count). The van der Waals surface area contributed by atoms with Gasteiger partial charge >= 0.3 is 0 Å². The predicted molar refractivity (Wildman–Crippen MR) is 85.8 cm³/mol. The summed E-state index contributed by atoms with van der Waals surface area (Å²) in [6.07, 6.45) is 0. The molecule has 0 aliphatic heterocycles. The third-order valence-corrected chi connectivity index (χ3v) is 4.59. The van der Waals surface area contributed by atoms with Crippen molar-refractivity contribution in [2.45, 2.75) is 5.22 Å². The highest BCUT2D eigenvalue weighted by Crippen LogP contribution is 2.30. The summed E-state index contributed by atoms with van der Waals surface area (Å²) >= 11 is 2.47. The SMILES string of the molecule is O=C(CSc1nnc(-c2ccccc2[N+](=O)[O-])o1)c1cccs1. The monoisotopic (exact) mass is 347 g/mol. The molecule has 2 heterocycles. The van der Waals surface area contributed by atoms with Crippen LogP contribution in [0.3, 0.4) is 0 Å². The van der Waals surface area contributed by atoms with E-state index in [1.165, 1.54) is 23.5 Å². The molecule has 0 bridgehead atoms. The Morgan fingerprint density at radius 2 is 2.09 bits per heavy atom. The summed E-state index contributed by atoms with van der Waals surface area (Å²) < 4.78 is 5.42. The summed E-state index contributed by atoms with van der Waals surface area (Å²) in [6, 6.07) is 9.68. The van der Waals surface area contributed by atoms with Crippen LogP contribution in [0.4, 0.5) is 5.69 Å². The fraction of sp³-hybridized carbons (Fsp3) is 0.0714. The van der Waals surface area contributed by atoms with Crippen LogP contribution in [0.15, 0.2) is 51.4 Å². The quantitative estimate of drug-likeness (QED) is 0.290. The van der Waals surface area contributed by atoms with E-state index in [1.54, 1.807) is 18.2 Å². The molecule has 0 N–H and O–H groups in total. The fourth-order valence-corrected chi connectivity index (χ4v) is 3.23. The number of ketones is 1. The second kappa shape index (κ2) is 6.71. The lowest BCUT2D eigenvalue weighted by Gasteiger charge is -1.97. The van der Waals surface area contributed by atoms with Gasteiger partial charge in [-0.05, 0) is 17.5 Å². The van der Waals surface area contributed by atoms with Gasteiger partial charge in [-0.1, -0.05) is 30.0 Å². The molecule has 3 aromatic rings. The van der Waals surface area contributed by atoms with Crippen molar-refractivity contribution in [1.29, 1.82) is 0 Å². The number of hydrogen-bond acceptors (Lipinski definition) is 8. The second-order valence-electron chi connectivity index (χ2n) is 4.34. The molecule has 0 aliphatic rings. The van der Waals surface area contributed by atoms with Crippen LogP contribution in [0.25, 0.3) is 11.5 Å². The summed E-state index contributed by atoms with van der Waals surface area (Å²) in [7, 11) is 0. The molecule has 0 saturated carbocycles. The van der Waals surface area contributed by atoms with Crippen LogP contribution in [0.1, 0.15) is 9.67 Å². The van der Waals surface area contributed by atoms with Gasteiger partial charge < -0.3 is 4.42 Å². The van der Waals surface area contributed by atoms with Crippen molar-refractivity contribution in [3.8, 4) is 11.5 Å². The number of rotatable bonds is 6. The number of carbonyl (C=O) groups excluding carboxylic acids is 1.